The van der Waals surface area contributed by atoms with Gasteiger partial charge in [0, 0.05) is 12.0 Å². The van der Waals surface area contributed by atoms with E-state index < -0.39 is 17.5 Å². The van der Waals surface area contributed by atoms with Crippen molar-refractivity contribution in [1.29, 1.82) is 0 Å². The van der Waals surface area contributed by atoms with Crippen molar-refractivity contribution in [2.45, 2.75) is 32.8 Å². The Morgan fingerprint density at radius 1 is 1.39 bits per heavy atom. The zero-order chi connectivity index (χ0) is 13.9. The molecule has 0 aromatic heterocycles. The smallest absolute Gasteiger partial charge is 0.340 e. The Morgan fingerprint density at radius 2 is 2.00 bits per heavy atom. The summed E-state index contributed by atoms with van der Waals surface area (Å²) in [5, 5.41) is 18.4. The second kappa shape index (κ2) is 5.35. The van der Waals surface area contributed by atoms with Gasteiger partial charge in [0.25, 0.3) is 0 Å². The Morgan fingerprint density at radius 3 is 2.44 bits per heavy atom. The van der Waals surface area contributed by atoms with Gasteiger partial charge in [0.1, 0.15) is 0 Å². The molecule has 1 rings (SSSR count). The molecule has 0 fully saturated rings. The van der Waals surface area contributed by atoms with Crippen molar-refractivity contribution < 1.29 is 24.5 Å². The van der Waals surface area contributed by atoms with E-state index in [2.05, 4.69) is 0 Å². The van der Waals surface area contributed by atoms with Crippen molar-refractivity contribution in [2.75, 3.05) is 6.61 Å². The number of hydrogen-bond donors (Lipinski definition) is 2. The van der Waals surface area contributed by atoms with Crippen molar-refractivity contribution in [3.63, 3.8) is 0 Å². The van der Waals surface area contributed by atoms with Crippen LogP contribution in [0.15, 0.2) is 23.3 Å². The molecule has 0 heterocycles. The molecular weight excluding hydrogens is 236 g/mol. The Balaban J connectivity index is 3.06. The second-order valence-corrected chi connectivity index (χ2v) is 4.86. The van der Waals surface area contributed by atoms with Crippen LogP contribution in [0.3, 0.4) is 0 Å². The number of rotatable bonds is 5. The molecule has 1 atom stereocenters. The molecule has 0 radical (unpaired) electrons. The highest BCUT2D eigenvalue weighted by Gasteiger charge is 2.44. The first-order valence-corrected chi connectivity index (χ1v) is 5.78. The Bertz CT molecular complexity index is 419. The fraction of sp³-hybridized carbons (Fsp3) is 0.538. The summed E-state index contributed by atoms with van der Waals surface area (Å²) in [5.41, 5.74) is -0.986. The summed E-state index contributed by atoms with van der Waals surface area (Å²) in [6, 6.07) is 0. The van der Waals surface area contributed by atoms with Crippen LogP contribution in [0.4, 0.5) is 0 Å². The maximum atomic E-state index is 11.5. The summed E-state index contributed by atoms with van der Waals surface area (Å²) < 4.78 is 5.51. The van der Waals surface area contributed by atoms with Crippen LogP contribution in [0.5, 0.6) is 0 Å². The molecule has 5 nitrogen and oxygen atoms in total. The van der Waals surface area contributed by atoms with Crippen LogP contribution in [0.25, 0.3) is 0 Å². The van der Waals surface area contributed by atoms with Crippen LogP contribution in [-0.4, -0.2) is 34.4 Å². The van der Waals surface area contributed by atoms with Gasteiger partial charge in [-0.25, -0.2) is 9.59 Å². The topological polar surface area (TPSA) is 83.8 Å². The fourth-order valence-electron chi connectivity index (χ4n) is 1.75. The molecule has 0 amide bonds. The standard InChI is InChI=1S/C13H18O5/c1-8(2)7-18-13(12(16)17)6-10(11(14)15)5-4-9(13)3/h4-5,8H,6-7H2,1-3H3,(H,14,15)(H,16,17). The van der Waals surface area contributed by atoms with Crippen LogP contribution in [0.1, 0.15) is 27.2 Å². The molecule has 18 heavy (non-hydrogen) atoms. The zero-order valence-electron chi connectivity index (χ0n) is 10.8. The number of ether oxygens (including phenoxy) is 1. The van der Waals surface area contributed by atoms with Gasteiger partial charge in [-0.1, -0.05) is 26.0 Å². The van der Waals surface area contributed by atoms with Gasteiger partial charge in [0.2, 0.25) is 0 Å². The highest BCUT2D eigenvalue weighted by Crippen LogP contribution is 2.34. The Kier molecular flexibility index (Phi) is 4.29. The van der Waals surface area contributed by atoms with Gasteiger partial charge >= 0.3 is 11.9 Å². The van der Waals surface area contributed by atoms with E-state index in [0.29, 0.717) is 5.57 Å². The minimum absolute atomic E-state index is 0.0479. The average molecular weight is 254 g/mol. The molecule has 0 bridgehead atoms. The molecular formula is C13H18O5. The van der Waals surface area contributed by atoms with Crippen molar-refractivity contribution in [3.8, 4) is 0 Å². The van der Waals surface area contributed by atoms with Gasteiger partial charge in [0.05, 0.1) is 6.61 Å². The SMILES string of the molecule is CC1=CC=C(C(=O)O)CC1(OCC(C)C)C(=O)O. The molecule has 0 spiro atoms. The number of carbonyl (C=O) groups is 2. The van der Waals surface area contributed by atoms with E-state index in [1.54, 1.807) is 6.92 Å². The first-order chi connectivity index (χ1) is 8.29. The van der Waals surface area contributed by atoms with Gasteiger partial charge < -0.3 is 14.9 Å². The maximum Gasteiger partial charge on any atom is 0.340 e. The van der Waals surface area contributed by atoms with Gasteiger partial charge in [-0.05, 0) is 18.4 Å². The van der Waals surface area contributed by atoms with E-state index in [0.717, 1.165) is 0 Å². The third kappa shape index (κ3) is 2.79. The summed E-state index contributed by atoms with van der Waals surface area (Å²) in [5.74, 6) is -2.09. The van der Waals surface area contributed by atoms with E-state index >= 15 is 0 Å². The van der Waals surface area contributed by atoms with E-state index in [4.69, 9.17) is 9.84 Å². The van der Waals surface area contributed by atoms with Gasteiger partial charge in [-0.15, -0.1) is 0 Å². The monoisotopic (exact) mass is 254 g/mol. The van der Waals surface area contributed by atoms with Gasteiger partial charge in [-0.2, -0.15) is 0 Å². The molecule has 0 aromatic rings. The summed E-state index contributed by atoms with van der Waals surface area (Å²) in [6.07, 6.45) is 2.78. The predicted molar refractivity (Wildman–Crippen MR) is 65.2 cm³/mol. The second-order valence-electron chi connectivity index (χ2n) is 4.86. The number of carboxylic acid groups (broad SMARTS) is 2. The van der Waals surface area contributed by atoms with Gasteiger partial charge in [-0.3, -0.25) is 0 Å². The third-order valence-electron chi connectivity index (χ3n) is 2.89. The molecule has 1 aliphatic carbocycles. The highest BCUT2D eigenvalue weighted by atomic mass is 16.5. The van der Waals surface area contributed by atoms with Crippen molar-refractivity contribution in [2.24, 2.45) is 5.92 Å². The molecule has 1 unspecified atom stereocenters. The molecule has 0 aliphatic heterocycles. The molecule has 2 N–H and O–H groups in total. The lowest BCUT2D eigenvalue weighted by Crippen LogP contribution is -2.45. The minimum Gasteiger partial charge on any atom is -0.479 e. The van der Waals surface area contributed by atoms with Crippen LogP contribution in [0.2, 0.25) is 0 Å². The lowest BCUT2D eigenvalue weighted by atomic mass is 9.83. The van der Waals surface area contributed by atoms with Gasteiger partial charge in [0.15, 0.2) is 5.60 Å². The zero-order valence-corrected chi connectivity index (χ0v) is 10.8. The van der Waals surface area contributed by atoms with Crippen molar-refractivity contribution in [3.05, 3.63) is 23.3 Å². The van der Waals surface area contributed by atoms with Crippen LogP contribution in [0, 0.1) is 5.92 Å². The first-order valence-electron chi connectivity index (χ1n) is 5.78. The summed E-state index contributed by atoms with van der Waals surface area (Å²) >= 11 is 0. The van der Waals surface area contributed by atoms with E-state index in [9.17, 15) is 14.7 Å². The lowest BCUT2D eigenvalue weighted by molar-refractivity contribution is -0.162. The van der Waals surface area contributed by atoms with Crippen molar-refractivity contribution >= 4 is 11.9 Å². The van der Waals surface area contributed by atoms with E-state index in [1.807, 2.05) is 13.8 Å². The van der Waals surface area contributed by atoms with Crippen LogP contribution >= 0.6 is 0 Å². The number of carboxylic acids is 2. The number of aliphatic carboxylic acids is 2. The van der Waals surface area contributed by atoms with Crippen LogP contribution in [-0.2, 0) is 14.3 Å². The molecule has 0 aromatic carbocycles. The first kappa shape index (κ1) is 14.4. The fourth-order valence-corrected chi connectivity index (χ4v) is 1.75. The quantitative estimate of drug-likeness (QED) is 0.782. The molecule has 0 saturated heterocycles. The summed E-state index contributed by atoms with van der Waals surface area (Å²) in [7, 11) is 0. The molecule has 100 valence electrons. The minimum atomic E-state index is -1.55. The molecule has 5 heteroatoms. The van der Waals surface area contributed by atoms with Crippen molar-refractivity contribution in [1.82, 2.24) is 0 Å². The lowest BCUT2D eigenvalue weighted by Gasteiger charge is -2.33. The van der Waals surface area contributed by atoms with E-state index in [1.165, 1.54) is 12.2 Å². The molecule has 1 aliphatic rings. The average Bonchev–Trinajstić information content (AvgIpc) is 2.27. The number of allylic oxidation sites excluding steroid dienone is 2. The summed E-state index contributed by atoms with van der Waals surface area (Å²) in [6.45, 7) is 5.73. The number of hydrogen-bond acceptors (Lipinski definition) is 3. The molecule has 0 saturated carbocycles. The highest BCUT2D eigenvalue weighted by molar-refractivity contribution is 5.92. The van der Waals surface area contributed by atoms with E-state index in [-0.39, 0.29) is 24.5 Å². The predicted octanol–water partition coefficient (Wildman–Crippen LogP) is 1.84. The largest absolute Gasteiger partial charge is 0.479 e. The maximum absolute atomic E-state index is 11.5. The third-order valence-corrected chi connectivity index (χ3v) is 2.89. The summed E-state index contributed by atoms with van der Waals surface area (Å²) in [4.78, 5) is 22.4. The Labute approximate surface area is 106 Å². The normalized spacial score (nSPS) is 23.6. The Hall–Kier alpha value is -1.62. The van der Waals surface area contributed by atoms with Crippen LogP contribution < -0.4 is 0 Å².